The lowest BCUT2D eigenvalue weighted by Gasteiger charge is -2.22. The number of halogens is 3. The molecule has 0 aliphatic rings. The van der Waals surface area contributed by atoms with Crippen LogP contribution in [-0.4, -0.2) is 49.6 Å². The third-order valence-corrected chi connectivity index (χ3v) is 6.26. The maximum atomic E-state index is 12.7. The van der Waals surface area contributed by atoms with E-state index in [-0.39, 0.29) is 12.4 Å². The van der Waals surface area contributed by atoms with Crippen LogP contribution in [0.5, 0.6) is 0 Å². The van der Waals surface area contributed by atoms with E-state index in [1.54, 1.807) is 16.4 Å². The molecule has 1 N–H and O–H groups in total. The van der Waals surface area contributed by atoms with Crippen molar-refractivity contribution in [2.75, 3.05) is 36.8 Å². The summed E-state index contributed by atoms with van der Waals surface area (Å²) in [6.45, 7) is 4.53. The largest absolute Gasteiger partial charge is 0.315 e. The lowest BCUT2D eigenvalue weighted by molar-refractivity contribution is 0.405. The average molecular weight is 493 g/mol. The van der Waals surface area contributed by atoms with Gasteiger partial charge in [0.25, 0.3) is 0 Å². The SMILES string of the molecule is Cc1ccc(S(=O)(=O)N(CCCBr)CCNCCCBr)cc1.Cl. The number of nitrogens with one attached hydrogen (secondary N) is 1. The molecule has 0 fully saturated rings. The van der Waals surface area contributed by atoms with Crippen LogP contribution in [0.1, 0.15) is 18.4 Å². The summed E-state index contributed by atoms with van der Waals surface area (Å²) >= 11 is 6.75. The first-order valence-electron chi connectivity index (χ1n) is 7.42. The highest BCUT2D eigenvalue weighted by molar-refractivity contribution is 9.09. The summed E-state index contributed by atoms with van der Waals surface area (Å²) in [5.41, 5.74) is 1.06. The fourth-order valence-corrected chi connectivity index (χ4v) is 3.98. The van der Waals surface area contributed by atoms with Gasteiger partial charge in [-0.2, -0.15) is 4.31 Å². The minimum atomic E-state index is -3.42. The number of benzene rings is 1. The monoisotopic (exact) mass is 490 g/mol. The molecule has 0 atom stereocenters. The Balaban J connectivity index is 0.00000484. The Morgan fingerprint density at radius 1 is 1.00 bits per heavy atom. The number of hydrogen-bond donors (Lipinski definition) is 1. The molecule has 0 aromatic heterocycles. The van der Waals surface area contributed by atoms with Crippen LogP contribution in [0.25, 0.3) is 0 Å². The van der Waals surface area contributed by atoms with Gasteiger partial charge < -0.3 is 5.32 Å². The zero-order valence-electron chi connectivity index (χ0n) is 13.3. The smallest absolute Gasteiger partial charge is 0.243 e. The van der Waals surface area contributed by atoms with Crippen LogP contribution in [0.4, 0.5) is 0 Å². The summed E-state index contributed by atoms with van der Waals surface area (Å²) in [6, 6.07) is 7.04. The molecular formula is C15H25Br2ClN2O2S. The van der Waals surface area contributed by atoms with E-state index < -0.39 is 10.0 Å². The molecule has 0 unspecified atom stereocenters. The number of aryl methyl sites for hydroxylation is 1. The molecule has 0 saturated carbocycles. The third kappa shape index (κ3) is 8.31. The van der Waals surface area contributed by atoms with Gasteiger partial charge in [-0.1, -0.05) is 49.6 Å². The van der Waals surface area contributed by atoms with Crippen molar-refractivity contribution in [1.82, 2.24) is 9.62 Å². The van der Waals surface area contributed by atoms with Gasteiger partial charge in [-0.15, -0.1) is 12.4 Å². The molecule has 1 rings (SSSR count). The lowest BCUT2D eigenvalue weighted by atomic mass is 10.2. The van der Waals surface area contributed by atoms with Crippen LogP contribution in [0, 0.1) is 6.92 Å². The third-order valence-electron chi connectivity index (χ3n) is 3.23. The Morgan fingerprint density at radius 2 is 1.61 bits per heavy atom. The molecular weight excluding hydrogens is 468 g/mol. The topological polar surface area (TPSA) is 49.4 Å². The van der Waals surface area contributed by atoms with Crippen molar-refractivity contribution in [3.8, 4) is 0 Å². The normalized spacial score (nSPS) is 11.5. The highest BCUT2D eigenvalue weighted by Crippen LogP contribution is 2.16. The molecule has 1 aromatic carbocycles. The molecule has 0 aliphatic carbocycles. The van der Waals surface area contributed by atoms with Gasteiger partial charge in [0.1, 0.15) is 0 Å². The number of nitrogens with zero attached hydrogens (tertiary/aromatic N) is 1. The molecule has 0 radical (unpaired) electrons. The van der Waals surface area contributed by atoms with Crippen LogP contribution in [-0.2, 0) is 10.0 Å². The van der Waals surface area contributed by atoms with E-state index in [1.165, 1.54) is 0 Å². The second-order valence-electron chi connectivity index (χ2n) is 5.05. The lowest BCUT2D eigenvalue weighted by Crippen LogP contribution is -2.38. The quantitative estimate of drug-likeness (QED) is 0.380. The summed E-state index contributed by atoms with van der Waals surface area (Å²) in [4.78, 5) is 0.369. The summed E-state index contributed by atoms with van der Waals surface area (Å²) < 4.78 is 27.1. The van der Waals surface area contributed by atoms with Gasteiger partial charge in [-0.25, -0.2) is 8.42 Å². The Morgan fingerprint density at radius 3 is 2.17 bits per heavy atom. The Hall–Kier alpha value is 0.340. The predicted octanol–water partition coefficient (Wildman–Crippen LogP) is 3.57. The highest BCUT2D eigenvalue weighted by Gasteiger charge is 2.23. The van der Waals surface area contributed by atoms with Gasteiger partial charge in [-0.3, -0.25) is 0 Å². The van der Waals surface area contributed by atoms with E-state index in [1.807, 2.05) is 19.1 Å². The van der Waals surface area contributed by atoms with Gasteiger partial charge in [0.15, 0.2) is 0 Å². The summed E-state index contributed by atoms with van der Waals surface area (Å²) in [5.74, 6) is 0. The number of rotatable bonds is 11. The Kier molecular flexibility index (Phi) is 12.9. The highest BCUT2D eigenvalue weighted by atomic mass is 79.9. The van der Waals surface area contributed by atoms with E-state index in [9.17, 15) is 8.42 Å². The molecule has 0 amide bonds. The van der Waals surface area contributed by atoms with Crippen LogP contribution >= 0.6 is 44.3 Å². The molecule has 8 heteroatoms. The number of alkyl halides is 2. The fraction of sp³-hybridized carbons (Fsp3) is 0.600. The minimum absolute atomic E-state index is 0. The van der Waals surface area contributed by atoms with Crippen LogP contribution in [0.2, 0.25) is 0 Å². The van der Waals surface area contributed by atoms with E-state index in [2.05, 4.69) is 37.2 Å². The predicted molar refractivity (Wildman–Crippen MR) is 107 cm³/mol. The maximum Gasteiger partial charge on any atom is 0.243 e. The van der Waals surface area contributed by atoms with E-state index >= 15 is 0 Å². The van der Waals surface area contributed by atoms with Crippen molar-refractivity contribution in [2.45, 2.75) is 24.7 Å². The second-order valence-corrected chi connectivity index (χ2v) is 8.58. The fourth-order valence-electron chi connectivity index (χ4n) is 1.97. The molecule has 0 bridgehead atoms. The van der Waals surface area contributed by atoms with Crippen LogP contribution in [0.3, 0.4) is 0 Å². The van der Waals surface area contributed by atoms with Crippen molar-refractivity contribution >= 4 is 54.3 Å². The Bertz CT molecular complexity index is 527. The maximum absolute atomic E-state index is 12.7. The first-order chi connectivity index (χ1) is 10.5. The average Bonchev–Trinajstić information content (AvgIpc) is 2.50. The van der Waals surface area contributed by atoms with Crippen LogP contribution in [0.15, 0.2) is 29.2 Å². The minimum Gasteiger partial charge on any atom is -0.315 e. The molecule has 134 valence electrons. The van der Waals surface area contributed by atoms with Gasteiger partial charge in [0.05, 0.1) is 4.90 Å². The van der Waals surface area contributed by atoms with Gasteiger partial charge in [-0.05, 0) is 38.4 Å². The van der Waals surface area contributed by atoms with Gasteiger partial charge in [0.2, 0.25) is 10.0 Å². The number of sulfonamides is 1. The standard InChI is InChI=1S/C15H24Br2N2O2S.ClH/c1-14-4-6-15(7-5-14)22(20,21)19(12-3-9-17)13-11-18-10-2-8-16;/h4-7,18H,2-3,8-13H2,1H3;1H. The van der Waals surface area contributed by atoms with E-state index in [0.717, 1.165) is 35.6 Å². The molecule has 23 heavy (non-hydrogen) atoms. The first-order valence-corrected chi connectivity index (χ1v) is 11.1. The van der Waals surface area contributed by atoms with Crippen molar-refractivity contribution in [3.63, 3.8) is 0 Å². The summed E-state index contributed by atoms with van der Waals surface area (Å²) in [5, 5.41) is 5.03. The van der Waals surface area contributed by atoms with Crippen molar-refractivity contribution in [3.05, 3.63) is 29.8 Å². The molecule has 0 heterocycles. The molecule has 0 saturated heterocycles. The van der Waals surface area contributed by atoms with Crippen LogP contribution < -0.4 is 5.32 Å². The summed E-state index contributed by atoms with van der Waals surface area (Å²) in [7, 11) is -3.42. The number of hydrogen-bond acceptors (Lipinski definition) is 3. The van der Waals surface area contributed by atoms with Gasteiger partial charge in [0, 0.05) is 30.3 Å². The van der Waals surface area contributed by atoms with Crippen molar-refractivity contribution in [1.29, 1.82) is 0 Å². The van der Waals surface area contributed by atoms with Crippen molar-refractivity contribution < 1.29 is 8.42 Å². The van der Waals surface area contributed by atoms with E-state index in [0.29, 0.717) is 24.5 Å². The molecule has 0 aliphatic heterocycles. The van der Waals surface area contributed by atoms with Crippen molar-refractivity contribution in [2.24, 2.45) is 0 Å². The zero-order valence-corrected chi connectivity index (χ0v) is 18.1. The zero-order chi connectivity index (χ0) is 16.4. The molecule has 0 spiro atoms. The summed E-state index contributed by atoms with van der Waals surface area (Å²) in [6.07, 6.45) is 1.83. The molecule has 4 nitrogen and oxygen atoms in total. The Labute approximate surface area is 163 Å². The second kappa shape index (κ2) is 12.7. The first kappa shape index (κ1) is 23.3. The molecule has 1 aromatic rings. The van der Waals surface area contributed by atoms with Gasteiger partial charge >= 0.3 is 0 Å². The van der Waals surface area contributed by atoms with E-state index in [4.69, 9.17) is 0 Å².